The van der Waals surface area contributed by atoms with Gasteiger partial charge in [-0.2, -0.15) is 0 Å². The summed E-state index contributed by atoms with van der Waals surface area (Å²) in [4.78, 5) is 12.9. The highest BCUT2D eigenvalue weighted by molar-refractivity contribution is 5.72. The Bertz CT molecular complexity index is 158. The van der Waals surface area contributed by atoms with E-state index in [1.807, 2.05) is 0 Å². The highest BCUT2D eigenvalue weighted by atomic mass is 16.1. The molecule has 0 radical (unpaired) electrons. The molecule has 0 aromatic rings. The first-order chi connectivity index (χ1) is 5.27. The van der Waals surface area contributed by atoms with Crippen LogP contribution in [0.5, 0.6) is 0 Å². The van der Waals surface area contributed by atoms with E-state index in [1.54, 1.807) is 0 Å². The molecule has 0 saturated heterocycles. The topological polar surface area (TPSA) is 77.9 Å². The Hall–Kier alpha value is -1.22. The summed E-state index contributed by atoms with van der Waals surface area (Å²) in [6, 6.07) is 0. The van der Waals surface area contributed by atoms with Gasteiger partial charge in [0.25, 0.3) is 0 Å². The number of hydrogen-bond donors (Lipinski definition) is 1. The summed E-state index contributed by atoms with van der Waals surface area (Å²) >= 11 is 0. The van der Waals surface area contributed by atoms with Crippen molar-refractivity contribution in [3.05, 3.63) is 10.4 Å². The number of carbonyl (C=O) groups excluding carboxylic acids is 1. The SMILES string of the molecule is CC(=O)NCCCCN=[N+]=[N-]. The van der Waals surface area contributed by atoms with Gasteiger partial charge in [-0.15, -0.1) is 0 Å². The van der Waals surface area contributed by atoms with Gasteiger partial charge in [-0.3, -0.25) is 4.79 Å². The molecule has 0 aliphatic heterocycles. The van der Waals surface area contributed by atoms with Crippen LogP contribution in [0.25, 0.3) is 10.4 Å². The predicted octanol–water partition coefficient (Wildman–Crippen LogP) is 1.21. The first kappa shape index (κ1) is 9.78. The minimum absolute atomic E-state index is 0.0196. The molecular weight excluding hydrogens is 144 g/mol. The van der Waals surface area contributed by atoms with E-state index < -0.39 is 0 Å². The van der Waals surface area contributed by atoms with E-state index in [0.29, 0.717) is 13.1 Å². The Morgan fingerprint density at radius 3 is 2.91 bits per heavy atom. The molecule has 0 unspecified atom stereocenters. The van der Waals surface area contributed by atoms with Crippen LogP contribution in [-0.2, 0) is 4.79 Å². The molecule has 11 heavy (non-hydrogen) atoms. The highest BCUT2D eigenvalue weighted by Crippen LogP contribution is 1.87. The number of amides is 1. The van der Waals surface area contributed by atoms with Crippen molar-refractivity contribution in [1.82, 2.24) is 5.32 Å². The molecule has 1 amide bonds. The monoisotopic (exact) mass is 156 g/mol. The molecular formula is C6H12N4O. The third-order valence-corrected chi connectivity index (χ3v) is 1.12. The Balaban J connectivity index is 3.02. The van der Waals surface area contributed by atoms with Crippen LogP contribution < -0.4 is 5.32 Å². The highest BCUT2D eigenvalue weighted by Gasteiger charge is 1.89. The summed E-state index contributed by atoms with van der Waals surface area (Å²) in [6.07, 6.45) is 1.68. The van der Waals surface area contributed by atoms with E-state index in [4.69, 9.17) is 5.53 Å². The quantitative estimate of drug-likeness (QED) is 0.276. The zero-order valence-electron chi connectivity index (χ0n) is 6.58. The molecule has 62 valence electrons. The fourth-order valence-corrected chi connectivity index (χ4v) is 0.617. The minimum Gasteiger partial charge on any atom is -0.356 e. The molecule has 0 rings (SSSR count). The van der Waals surface area contributed by atoms with Gasteiger partial charge < -0.3 is 5.32 Å². The maximum Gasteiger partial charge on any atom is 0.216 e. The van der Waals surface area contributed by atoms with Crippen LogP contribution in [0.4, 0.5) is 0 Å². The largest absolute Gasteiger partial charge is 0.356 e. The van der Waals surface area contributed by atoms with Crippen molar-refractivity contribution in [2.45, 2.75) is 19.8 Å². The van der Waals surface area contributed by atoms with Gasteiger partial charge in [0.1, 0.15) is 0 Å². The van der Waals surface area contributed by atoms with Crippen molar-refractivity contribution in [3.8, 4) is 0 Å². The predicted molar refractivity (Wildman–Crippen MR) is 41.9 cm³/mol. The van der Waals surface area contributed by atoms with Crippen LogP contribution >= 0.6 is 0 Å². The molecule has 5 nitrogen and oxygen atoms in total. The first-order valence-corrected chi connectivity index (χ1v) is 3.52. The number of carbonyl (C=O) groups is 1. The molecule has 0 aromatic heterocycles. The summed E-state index contributed by atoms with van der Waals surface area (Å²) in [7, 11) is 0. The van der Waals surface area contributed by atoms with Gasteiger partial charge in [-0.05, 0) is 18.4 Å². The van der Waals surface area contributed by atoms with E-state index in [1.165, 1.54) is 6.92 Å². The van der Waals surface area contributed by atoms with Crippen molar-refractivity contribution in [3.63, 3.8) is 0 Å². The van der Waals surface area contributed by atoms with Gasteiger partial charge in [0.2, 0.25) is 5.91 Å². The Morgan fingerprint density at radius 1 is 1.64 bits per heavy atom. The lowest BCUT2D eigenvalue weighted by molar-refractivity contribution is -0.118. The van der Waals surface area contributed by atoms with Crippen molar-refractivity contribution in [1.29, 1.82) is 0 Å². The van der Waals surface area contributed by atoms with Crippen LogP contribution in [0.15, 0.2) is 5.11 Å². The maximum atomic E-state index is 10.3. The van der Waals surface area contributed by atoms with Gasteiger partial charge in [0.05, 0.1) is 0 Å². The summed E-state index contributed by atoms with van der Waals surface area (Å²) in [5.41, 5.74) is 7.90. The first-order valence-electron chi connectivity index (χ1n) is 3.52. The summed E-state index contributed by atoms with van der Waals surface area (Å²) in [6.45, 7) is 2.65. The van der Waals surface area contributed by atoms with Crippen molar-refractivity contribution >= 4 is 5.91 Å². The molecule has 0 fully saturated rings. The summed E-state index contributed by atoms with van der Waals surface area (Å²) in [5, 5.41) is 6.01. The Morgan fingerprint density at radius 2 is 2.36 bits per heavy atom. The summed E-state index contributed by atoms with van der Waals surface area (Å²) < 4.78 is 0. The number of azide groups is 1. The number of rotatable bonds is 5. The van der Waals surface area contributed by atoms with Gasteiger partial charge in [-0.1, -0.05) is 5.11 Å². The van der Waals surface area contributed by atoms with Crippen LogP contribution in [-0.4, -0.2) is 19.0 Å². The fraction of sp³-hybridized carbons (Fsp3) is 0.833. The van der Waals surface area contributed by atoms with E-state index in [0.717, 1.165) is 12.8 Å². The van der Waals surface area contributed by atoms with Gasteiger partial charge >= 0.3 is 0 Å². The molecule has 0 aromatic carbocycles. The average Bonchev–Trinajstić information content (AvgIpc) is 1.96. The third-order valence-electron chi connectivity index (χ3n) is 1.12. The molecule has 0 aliphatic rings. The Kier molecular flexibility index (Phi) is 6.13. The van der Waals surface area contributed by atoms with E-state index >= 15 is 0 Å². The fourth-order valence-electron chi connectivity index (χ4n) is 0.617. The van der Waals surface area contributed by atoms with Crippen LogP contribution in [0.3, 0.4) is 0 Å². The second kappa shape index (κ2) is 6.89. The molecule has 0 saturated carbocycles. The lowest BCUT2D eigenvalue weighted by Gasteiger charge is -1.98. The molecule has 0 atom stereocenters. The average molecular weight is 156 g/mol. The smallest absolute Gasteiger partial charge is 0.216 e. The molecule has 5 heteroatoms. The van der Waals surface area contributed by atoms with Crippen molar-refractivity contribution < 1.29 is 4.79 Å². The summed E-state index contributed by atoms with van der Waals surface area (Å²) in [5.74, 6) is -0.0196. The number of hydrogen-bond acceptors (Lipinski definition) is 2. The lowest BCUT2D eigenvalue weighted by atomic mass is 10.3. The van der Waals surface area contributed by atoms with Crippen LogP contribution in [0.1, 0.15) is 19.8 Å². The lowest BCUT2D eigenvalue weighted by Crippen LogP contribution is -2.20. The molecule has 0 heterocycles. The molecule has 1 N–H and O–H groups in total. The van der Waals surface area contributed by atoms with Crippen molar-refractivity contribution in [2.24, 2.45) is 5.11 Å². The zero-order chi connectivity index (χ0) is 8.53. The maximum absolute atomic E-state index is 10.3. The molecule has 0 bridgehead atoms. The number of nitrogens with one attached hydrogen (secondary N) is 1. The van der Waals surface area contributed by atoms with Crippen LogP contribution in [0, 0.1) is 0 Å². The normalized spacial score (nSPS) is 8.45. The van der Waals surface area contributed by atoms with E-state index in [-0.39, 0.29) is 5.91 Å². The van der Waals surface area contributed by atoms with E-state index in [2.05, 4.69) is 15.3 Å². The zero-order valence-corrected chi connectivity index (χ0v) is 6.58. The Labute approximate surface area is 65.4 Å². The molecule has 0 aliphatic carbocycles. The van der Waals surface area contributed by atoms with E-state index in [9.17, 15) is 4.79 Å². The number of unbranched alkanes of at least 4 members (excludes halogenated alkanes) is 1. The number of nitrogens with zero attached hydrogens (tertiary/aromatic N) is 3. The van der Waals surface area contributed by atoms with Crippen LogP contribution in [0.2, 0.25) is 0 Å². The molecule has 0 spiro atoms. The van der Waals surface area contributed by atoms with Crippen molar-refractivity contribution in [2.75, 3.05) is 13.1 Å². The third kappa shape index (κ3) is 8.78. The second-order valence-corrected chi connectivity index (χ2v) is 2.14. The standard InChI is InChI=1S/C6H12N4O/c1-6(11)8-4-2-3-5-9-10-7/h2-5H2,1H3,(H,8,11). The minimum atomic E-state index is -0.0196. The van der Waals surface area contributed by atoms with Gasteiger partial charge in [0.15, 0.2) is 0 Å². The van der Waals surface area contributed by atoms with Gasteiger partial charge in [0, 0.05) is 24.9 Å². The second-order valence-electron chi connectivity index (χ2n) is 2.14. The van der Waals surface area contributed by atoms with Gasteiger partial charge in [-0.25, -0.2) is 0 Å².